The summed E-state index contributed by atoms with van der Waals surface area (Å²) in [6.07, 6.45) is 0. The van der Waals surface area contributed by atoms with Crippen LogP contribution < -0.4 is 0 Å². The van der Waals surface area contributed by atoms with E-state index >= 15 is 0 Å². The molecular weight excluding hydrogens is 450 g/mol. The fourth-order valence-corrected chi connectivity index (χ4v) is 0. The largest absolute Gasteiger partial charge is 0 e. The molecule has 0 radical (unpaired) electrons. The van der Waals surface area contributed by atoms with E-state index in [9.17, 15) is 0 Å². The minimum atomic E-state index is -1.25. The van der Waals surface area contributed by atoms with Crippen LogP contribution in [0, 0.1) is 33.1 Å². The van der Waals surface area contributed by atoms with E-state index in [1.165, 1.54) is 0 Å². The van der Waals surface area contributed by atoms with Gasteiger partial charge >= 0.3 is 45.3 Å². The van der Waals surface area contributed by atoms with Gasteiger partial charge in [0.15, 0.2) is 0 Å². The second-order valence-electron chi connectivity index (χ2n) is 0.0786. The summed E-state index contributed by atoms with van der Waals surface area (Å²) < 4.78 is 9.14. The second-order valence-corrected chi connectivity index (χ2v) is 4.77. The van der Waals surface area contributed by atoms with Crippen molar-refractivity contribution in [3.8, 4) is 0 Å². The Labute approximate surface area is 63.0 Å². The van der Waals surface area contributed by atoms with Crippen molar-refractivity contribution in [2.24, 2.45) is 0 Å². The van der Waals surface area contributed by atoms with E-state index in [2.05, 4.69) is 0 Å². The first-order valence-electron chi connectivity index (χ1n) is 0.428. The topological polar surface area (TPSA) is 17.1 Å². The Kier molecular flexibility index (Phi) is 21.9. The number of hydrogen-bond donors (Lipinski definition) is 0. The summed E-state index contributed by atoms with van der Waals surface area (Å²) in [5.74, 6) is 0. The molecule has 0 aromatic heterocycles. The van der Waals surface area contributed by atoms with Crippen LogP contribution in [0.15, 0.2) is 0 Å². The Balaban J connectivity index is 0. The fourth-order valence-electron chi connectivity index (χ4n) is 0. The minimum Gasteiger partial charge on any atom is 0 e. The van der Waals surface area contributed by atoms with E-state index in [0.717, 1.165) is 0 Å². The zero-order chi connectivity index (χ0) is 2.71. The van der Waals surface area contributed by atoms with Gasteiger partial charge in [-0.25, -0.2) is 0 Å². The maximum absolute atomic E-state index is 9.14. The normalized spacial score (nSPS) is 2.50. The van der Waals surface area contributed by atoms with E-state index in [-0.39, 0.29) is 19.5 Å². The Morgan fingerprint density at radius 2 is 1.75 bits per heavy atom. The minimum absolute atomic E-state index is 0. The molecule has 0 bridgehead atoms. The third kappa shape index (κ3) is 8.83. The standard InChI is InChI=1S/Ir.O.Pr.Ru. The monoisotopic (exact) mass is 452 g/mol. The molecule has 0 saturated carbocycles. The molecule has 0 saturated heterocycles. The van der Waals surface area contributed by atoms with Gasteiger partial charge in [0.2, 0.25) is 0 Å². The molecule has 0 rings (SSSR count). The first kappa shape index (κ1) is 9.67. The van der Waals surface area contributed by atoms with Crippen molar-refractivity contribution < 1.29 is 64.7 Å². The van der Waals surface area contributed by atoms with Gasteiger partial charge < -0.3 is 0 Å². The molecule has 0 amide bonds. The summed E-state index contributed by atoms with van der Waals surface area (Å²) in [4.78, 5) is 0. The van der Waals surface area contributed by atoms with Crippen molar-refractivity contribution in [2.45, 2.75) is 0 Å². The first-order chi connectivity index (χ1) is 1.41. The summed E-state index contributed by atoms with van der Waals surface area (Å²) in [6, 6.07) is 0. The van der Waals surface area contributed by atoms with Crippen LogP contribution in [0.5, 0.6) is 0 Å². The van der Waals surface area contributed by atoms with Crippen LogP contribution in [0.2, 0.25) is 0 Å². The van der Waals surface area contributed by atoms with Crippen molar-refractivity contribution in [2.75, 3.05) is 0 Å². The molecule has 0 aliphatic carbocycles. The molecule has 4 heavy (non-hydrogen) atoms. The Bertz CT molecular complexity index is 15.5. The van der Waals surface area contributed by atoms with E-state index in [0.29, 0.717) is 0 Å². The first-order valence-corrected chi connectivity index (χ1v) is 13.4. The van der Waals surface area contributed by atoms with Gasteiger partial charge in [-0.2, -0.15) is 0 Å². The van der Waals surface area contributed by atoms with E-state index < -0.39 is 33.1 Å². The zero-order valence-corrected chi connectivity index (χ0v) is 9.51. The van der Waals surface area contributed by atoms with Crippen LogP contribution in [0.25, 0.3) is 0 Å². The average Bonchev–Trinajstić information content (AvgIpc) is 0.918. The molecule has 0 fully saturated rings. The smallest absolute Gasteiger partial charge is 0 e. The van der Waals surface area contributed by atoms with Gasteiger partial charge in [0.1, 0.15) is 0 Å². The molecule has 0 aromatic carbocycles. The van der Waals surface area contributed by atoms with Gasteiger partial charge in [0, 0.05) is 19.5 Å². The maximum Gasteiger partial charge on any atom is 0 e. The van der Waals surface area contributed by atoms with Crippen LogP contribution in [-0.4, -0.2) is 0 Å². The van der Waals surface area contributed by atoms with E-state index in [4.69, 9.17) is 0.995 Å². The zero-order valence-electron chi connectivity index (χ0n) is 1.67. The molecule has 0 aliphatic heterocycles. The third-order valence-corrected chi connectivity index (χ3v) is 0. The van der Waals surface area contributed by atoms with Gasteiger partial charge in [0.05, 0.1) is 0 Å². The van der Waals surface area contributed by atoms with Gasteiger partial charge in [-0.05, 0) is 0 Å². The molecular formula is IrOPrRu. The second kappa shape index (κ2) is 9.06. The summed E-state index contributed by atoms with van der Waals surface area (Å²) in [5, 5.41) is 0. The van der Waals surface area contributed by atoms with Gasteiger partial charge in [-0.3, -0.25) is 0 Å². The van der Waals surface area contributed by atoms with Crippen molar-refractivity contribution in [1.29, 1.82) is 0 Å². The molecule has 0 unspecified atom stereocenters. The van der Waals surface area contributed by atoms with Crippen molar-refractivity contribution in [1.82, 2.24) is 0 Å². The van der Waals surface area contributed by atoms with Gasteiger partial charge in [-0.15, -0.1) is 0 Å². The quantitative estimate of drug-likeness (QED) is 0.471. The van der Waals surface area contributed by atoms with Crippen LogP contribution >= 0.6 is 0 Å². The predicted octanol–water partition coefficient (Wildman–Crippen LogP) is -0.124. The molecule has 0 heterocycles. The summed E-state index contributed by atoms with van der Waals surface area (Å²) in [5.41, 5.74) is 0. The number of rotatable bonds is 0. The van der Waals surface area contributed by atoms with Gasteiger partial charge in [0.25, 0.3) is 0 Å². The molecule has 0 aromatic rings. The number of hydrogen-bond acceptors (Lipinski definition) is 1. The Hall–Kier alpha value is 2.44. The molecule has 0 N–H and O–H groups in total. The fraction of sp³-hybridized carbons (Fsp3) is 0. The molecule has 26 valence electrons. The van der Waals surface area contributed by atoms with Crippen molar-refractivity contribution in [3.63, 3.8) is 0 Å². The molecule has 1 nitrogen and oxygen atoms in total. The predicted molar refractivity (Wildman–Crippen MR) is 0.686 cm³/mol. The SMILES string of the molecule is [O]=[Pr][Ir].[Ru]. The third-order valence-electron chi connectivity index (χ3n) is 0. The molecule has 0 aliphatic rings. The molecule has 0 spiro atoms. The maximum atomic E-state index is 9.14. The summed E-state index contributed by atoms with van der Waals surface area (Å²) >= 11 is 0.528. The van der Waals surface area contributed by atoms with Gasteiger partial charge in [-0.1, -0.05) is 0 Å². The van der Waals surface area contributed by atoms with Crippen LogP contribution in [-0.2, 0) is 31.6 Å². The average molecular weight is 450 g/mol. The van der Waals surface area contributed by atoms with E-state index in [1.54, 1.807) is 11.2 Å². The Morgan fingerprint density at radius 3 is 1.75 bits per heavy atom. The molecule has 4 heteroatoms. The summed E-state index contributed by atoms with van der Waals surface area (Å²) in [6.45, 7) is 0. The van der Waals surface area contributed by atoms with Crippen LogP contribution in [0.4, 0.5) is 0 Å². The van der Waals surface area contributed by atoms with Crippen molar-refractivity contribution in [3.05, 3.63) is 0 Å². The summed E-state index contributed by atoms with van der Waals surface area (Å²) in [7, 11) is 0. The molecule has 0 atom stereocenters. The van der Waals surface area contributed by atoms with E-state index in [1.807, 2.05) is 0 Å². The van der Waals surface area contributed by atoms with Crippen molar-refractivity contribution >= 4 is 0 Å². The van der Waals surface area contributed by atoms with Crippen LogP contribution in [0.3, 0.4) is 0 Å². The Morgan fingerprint density at radius 1 is 1.75 bits per heavy atom. The van der Waals surface area contributed by atoms with Crippen LogP contribution in [0.1, 0.15) is 0 Å².